The Morgan fingerprint density at radius 1 is 1.21 bits per heavy atom. The SMILES string of the molecule is CC(C)(C)NCCNc1ccc(OC(F)F)c(F)c1. The third-order valence-electron chi connectivity index (χ3n) is 2.26. The Balaban J connectivity index is 2.45. The lowest BCUT2D eigenvalue weighted by Crippen LogP contribution is -2.38. The summed E-state index contributed by atoms with van der Waals surface area (Å²) in [5.74, 6) is -1.26. The first-order chi connectivity index (χ1) is 8.78. The molecule has 19 heavy (non-hydrogen) atoms. The van der Waals surface area contributed by atoms with Gasteiger partial charge in [-0.1, -0.05) is 0 Å². The highest BCUT2D eigenvalue weighted by atomic mass is 19.3. The molecule has 0 saturated carbocycles. The van der Waals surface area contributed by atoms with Crippen molar-refractivity contribution in [2.75, 3.05) is 18.4 Å². The van der Waals surface area contributed by atoms with Crippen LogP contribution in [-0.2, 0) is 0 Å². The van der Waals surface area contributed by atoms with Gasteiger partial charge in [-0.25, -0.2) is 4.39 Å². The zero-order valence-electron chi connectivity index (χ0n) is 11.3. The average molecular weight is 276 g/mol. The van der Waals surface area contributed by atoms with Crippen LogP contribution in [0.15, 0.2) is 18.2 Å². The fourth-order valence-corrected chi connectivity index (χ4v) is 1.45. The molecule has 0 bridgehead atoms. The van der Waals surface area contributed by atoms with Gasteiger partial charge in [0.25, 0.3) is 0 Å². The fourth-order valence-electron chi connectivity index (χ4n) is 1.45. The molecule has 0 saturated heterocycles. The third kappa shape index (κ3) is 6.33. The van der Waals surface area contributed by atoms with E-state index in [0.717, 1.165) is 6.07 Å². The second kappa shape index (κ2) is 6.65. The molecule has 0 unspecified atom stereocenters. The fraction of sp³-hybridized carbons (Fsp3) is 0.538. The van der Waals surface area contributed by atoms with E-state index in [9.17, 15) is 13.2 Å². The van der Waals surface area contributed by atoms with Crippen molar-refractivity contribution in [3.63, 3.8) is 0 Å². The van der Waals surface area contributed by atoms with Crippen molar-refractivity contribution in [3.8, 4) is 5.75 Å². The topological polar surface area (TPSA) is 33.3 Å². The molecule has 0 aromatic heterocycles. The van der Waals surface area contributed by atoms with Crippen LogP contribution in [0.4, 0.5) is 18.9 Å². The molecule has 0 amide bonds. The molecule has 1 rings (SSSR count). The van der Waals surface area contributed by atoms with Crippen LogP contribution in [0, 0.1) is 5.82 Å². The Bertz CT molecular complexity index is 405. The first kappa shape index (κ1) is 15.6. The van der Waals surface area contributed by atoms with Crippen molar-refractivity contribution in [3.05, 3.63) is 24.0 Å². The molecule has 0 aliphatic rings. The minimum atomic E-state index is -3.02. The van der Waals surface area contributed by atoms with E-state index >= 15 is 0 Å². The molecule has 0 heterocycles. The molecule has 6 heteroatoms. The number of nitrogens with one attached hydrogen (secondary N) is 2. The molecule has 0 aliphatic heterocycles. The standard InChI is InChI=1S/C13H19F3N2O/c1-13(2,3)18-7-6-17-9-4-5-11(10(14)8-9)19-12(15)16/h4-5,8,12,17-18H,6-7H2,1-3H3. The van der Waals surface area contributed by atoms with E-state index in [1.165, 1.54) is 12.1 Å². The molecule has 0 fully saturated rings. The van der Waals surface area contributed by atoms with Crippen LogP contribution in [0.2, 0.25) is 0 Å². The third-order valence-corrected chi connectivity index (χ3v) is 2.26. The van der Waals surface area contributed by atoms with Gasteiger partial charge in [-0.2, -0.15) is 8.78 Å². The molecule has 0 spiro atoms. The molecule has 108 valence electrons. The molecule has 3 nitrogen and oxygen atoms in total. The van der Waals surface area contributed by atoms with E-state index in [1.807, 2.05) is 20.8 Å². The van der Waals surface area contributed by atoms with Crippen molar-refractivity contribution < 1.29 is 17.9 Å². The highest BCUT2D eigenvalue weighted by Crippen LogP contribution is 2.22. The molecule has 1 aromatic rings. The van der Waals surface area contributed by atoms with Crippen molar-refractivity contribution in [2.24, 2.45) is 0 Å². The summed E-state index contributed by atoms with van der Waals surface area (Å²) >= 11 is 0. The maximum absolute atomic E-state index is 13.4. The minimum absolute atomic E-state index is 0.0158. The second-order valence-electron chi connectivity index (χ2n) is 5.13. The van der Waals surface area contributed by atoms with E-state index in [2.05, 4.69) is 15.4 Å². The molecule has 1 aromatic carbocycles. The van der Waals surface area contributed by atoms with Crippen LogP contribution >= 0.6 is 0 Å². The number of anilines is 1. The van der Waals surface area contributed by atoms with Gasteiger partial charge < -0.3 is 15.4 Å². The summed E-state index contributed by atoms with van der Waals surface area (Å²) in [6.45, 7) is 4.42. The predicted octanol–water partition coefficient (Wildman–Crippen LogP) is 3.23. The number of hydrogen-bond acceptors (Lipinski definition) is 3. The summed E-state index contributed by atoms with van der Waals surface area (Å²) in [7, 11) is 0. The van der Waals surface area contributed by atoms with Gasteiger partial charge in [0, 0.05) is 30.4 Å². The first-order valence-electron chi connectivity index (χ1n) is 6.01. The summed E-state index contributed by atoms with van der Waals surface area (Å²) in [6, 6.07) is 3.81. The first-order valence-corrected chi connectivity index (χ1v) is 6.01. The summed E-state index contributed by atoms with van der Waals surface area (Å²) in [5.41, 5.74) is 0.539. The van der Waals surface area contributed by atoms with Gasteiger partial charge in [-0.15, -0.1) is 0 Å². The number of benzene rings is 1. The largest absolute Gasteiger partial charge is 0.432 e. The maximum Gasteiger partial charge on any atom is 0.387 e. The van der Waals surface area contributed by atoms with Gasteiger partial charge in [-0.3, -0.25) is 0 Å². The normalized spacial score (nSPS) is 11.7. The van der Waals surface area contributed by atoms with Gasteiger partial charge in [0.05, 0.1) is 0 Å². The monoisotopic (exact) mass is 276 g/mol. The minimum Gasteiger partial charge on any atom is -0.432 e. The van der Waals surface area contributed by atoms with Crippen molar-refractivity contribution in [1.29, 1.82) is 0 Å². The summed E-state index contributed by atoms with van der Waals surface area (Å²) in [4.78, 5) is 0. The van der Waals surface area contributed by atoms with E-state index < -0.39 is 18.2 Å². The van der Waals surface area contributed by atoms with Crippen molar-refractivity contribution in [2.45, 2.75) is 32.9 Å². The smallest absolute Gasteiger partial charge is 0.387 e. The zero-order valence-corrected chi connectivity index (χ0v) is 11.3. The summed E-state index contributed by atoms with van der Waals surface area (Å²) in [6.07, 6.45) is 0. The van der Waals surface area contributed by atoms with Crippen LogP contribution in [0.5, 0.6) is 5.75 Å². The predicted molar refractivity (Wildman–Crippen MR) is 69.3 cm³/mol. The van der Waals surface area contributed by atoms with Gasteiger partial charge in [-0.05, 0) is 32.9 Å². The van der Waals surface area contributed by atoms with Crippen LogP contribution in [-0.4, -0.2) is 25.2 Å². The molecule has 0 radical (unpaired) electrons. The summed E-state index contributed by atoms with van der Waals surface area (Å²) in [5, 5.41) is 6.26. The second-order valence-corrected chi connectivity index (χ2v) is 5.13. The van der Waals surface area contributed by atoms with Crippen LogP contribution in [0.3, 0.4) is 0 Å². The van der Waals surface area contributed by atoms with Crippen molar-refractivity contribution >= 4 is 5.69 Å². The Morgan fingerprint density at radius 2 is 1.89 bits per heavy atom. The van der Waals surface area contributed by atoms with E-state index in [-0.39, 0.29) is 5.54 Å². The van der Waals surface area contributed by atoms with E-state index in [4.69, 9.17) is 0 Å². The van der Waals surface area contributed by atoms with Gasteiger partial charge in [0.15, 0.2) is 11.6 Å². The zero-order chi connectivity index (χ0) is 14.5. The molecule has 2 N–H and O–H groups in total. The van der Waals surface area contributed by atoms with Crippen LogP contribution < -0.4 is 15.4 Å². The number of rotatable bonds is 6. The maximum atomic E-state index is 13.4. The summed E-state index contributed by atoms with van der Waals surface area (Å²) < 4.78 is 41.3. The van der Waals surface area contributed by atoms with E-state index in [1.54, 1.807) is 0 Å². The Morgan fingerprint density at radius 3 is 2.42 bits per heavy atom. The number of ether oxygens (including phenoxy) is 1. The molecule has 0 aliphatic carbocycles. The Labute approximate surface area is 111 Å². The van der Waals surface area contributed by atoms with Crippen LogP contribution in [0.25, 0.3) is 0 Å². The lowest BCUT2D eigenvalue weighted by molar-refractivity contribution is -0.0521. The molecule has 0 atom stereocenters. The van der Waals surface area contributed by atoms with Gasteiger partial charge in [0.2, 0.25) is 0 Å². The van der Waals surface area contributed by atoms with Gasteiger partial charge >= 0.3 is 6.61 Å². The molecular weight excluding hydrogens is 257 g/mol. The quantitative estimate of drug-likeness (QED) is 0.783. The Kier molecular flexibility index (Phi) is 5.47. The lowest BCUT2D eigenvalue weighted by Gasteiger charge is -2.20. The van der Waals surface area contributed by atoms with Crippen molar-refractivity contribution in [1.82, 2.24) is 5.32 Å². The Hall–Kier alpha value is -1.43. The average Bonchev–Trinajstić information content (AvgIpc) is 2.26. The van der Waals surface area contributed by atoms with Gasteiger partial charge in [0.1, 0.15) is 0 Å². The highest BCUT2D eigenvalue weighted by Gasteiger charge is 2.10. The number of halogens is 3. The number of hydrogen-bond donors (Lipinski definition) is 2. The van der Waals surface area contributed by atoms with Crippen LogP contribution in [0.1, 0.15) is 20.8 Å². The number of alkyl halides is 2. The highest BCUT2D eigenvalue weighted by molar-refractivity contribution is 5.47. The lowest BCUT2D eigenvalue weighted by atomic mass is 10.1. The van der Waals surface area contributed by atoms with E-state index in [0.29, 0.717) is 18.8 Å². The molecular formula is C13H19F3N2O.